The molecule has 0 spiro atoms. The van der Waals surface area contributed by atoms with Gasteiger partial charge in [0.25, 0.3) is 0 Å². The van der Waals surface area contributed by atoms with Crippen LogP contribution in [0.1, 0.15) is 33.4 Å². The number of aliphatic imine (C=N–C) groups is 2. The van der Waals surface area contributed by atoms with E-state index in [4.69, 9.17) is 0 Å². The standard InChI is InChI=1S/C19H23F3N8/c1-12(9-24-11-23-5)26-17-29-15(28-16(30-17)25-10-18(2,3)4)13-7-6-8-14(27-13)19(20,21)22/h6-9,11H,5,10H2,1-4H3,(H2,25,26,28,29,30)/b12-9+,24-11?. The first-order valence-corrected chi connectivity index (χ1v) is 8.94. The zero-order valence-corrected chi connectivity index (χ0v) is 17.1. The SMILES string of the molecule is C=NC=N/C=C(\C)Nc1nc(NCC(C)(C)C)nc(-c2cccc(C(F)(F)F)n2)n1. The monoisotopic (exact) mass is 420 g/mol. The van der Waals surface area contributed by atoms with E-state index in [1.807, 2.05) is 20.8 Å². The van der Waals surface area contributed by atoms with Gasteiger partial charge in [0.05, 0.1) is 0 Å². The molecule has 2 N–H and O–H groups in total. The number of pyridine rings is 1. The second-order valence-electron chi connectivity index (χ2n) is 7.51. The lowest BCUT2D eigenvalue weighted by Crippen LogP contribution is -2.21. The van der Waals surface area contributed by atoms with Gasteiger partial charge in [-0.25, -0.2) is 9.98 Å². The molecule has 160 valence electrons. The maximum atomic E-state index is 13.0. The molecular formula is C19H23F3N8. The summed E-state index contributed by atoms with van der Waals surface area (Å²) < 4.78 is 39.1. The lowest BCUT2D eigenvalue weighted by Gasteiger charge is -2.19. The fourth-order valence-corrected chi connectivity index (χ4v) is 2.09. The van der Waals surface area contributed by atoms with Crippen molar-refractivity contribution in [1.29, 1.82) is 0 Å². The third-order valence-corrected chi connectivity index (χ3v) is 3.41. The summed E-state index contributed by atoms with van der Waals surface area (Å²) in [5.41, 5.74) is -0.547. The summed E-state index contributed by atoms with van der Waals surface area (Å²) in [6.45, 7) is 11.6. The smallest absolute Gasteiger partial charge is 0.354 e. The number of halogens is 3. The number of hydrogen-bond donors (Lipinski definition) is 2. The van der Waals surface area contributed by atoms with Crippen molar-refractivity contribution in [2.75, 3.05) is 17.2 Å². The van der Waals surface area contributed by atoms with E-state index in [2.05, 4.69) is 47.3 Å². The highest BCUT2D eigenvalue weighted by molar-refractivity contribution is 5.62. The fourth-order valence-electron chi connectivity index (χ4n) is 2.09. The van der Waals surface area contributed by atoms with Crippen LogP contribution in [-0.4, -0.2) is 39.5 Å². The Hall–Kier alpha value is -3.37. The van der Waals surface area contributed by atoms with Gasteiger partial charge in [0.2, 0.25) is 11.9 Å². The molecule has 0 radical (unpaired) electrons. The molecule has 8 nitrogen and oxygen atoms in total. The van der Waals surface area contributed by atoms with Gasteiger partial charge in [-0.05, 0) is 31.2 Å². The quantitative estimate of drug-likeness (QED) is 0.508. The van der Waals surface area contributed by atoms with Gasteiger partial charge in [-0.1, -0.05) is 26.8 Å². The van der Waals surface area contributed by atoms with Gasteiger partial charge in [-0.2, -0.15) is 28.1 Å². The van der Waals surface area contributed by atoms with Crippen LogP contribution in [0.4, 0.5) is 25.1 Å². The normalized spacial score (nSPS) is 12.8. The van der Waals surface area contributed by atoms with E-state index in [9.17, 15) is 13.2 Å². The first-order chi connectivity index (χ1) is 14.0. The molecule has 2 aromatic rings. The average Bonchev–Trinajstić information content (AvgIpc) is 2.65. The van der Waals surface area contributed by atoms with E-state index in [1.54, 1.807) is 6.92 Å². The van der Waals surface area contributed by atoms with Crippen LogP contribution in [0.5, 0.6) is 0 Å². The number of alkyl halides is 3. The molecule has 2 aromatic heterocycles. The first kappa shape index (κ1) is 22.9. The molecule has 2 rings (SSSR count). The zero-order chi connectivity index (χ0) is 22.4. The number of nitrogens with zero attached hydrogens (tertiary/aromatic N) is 6. The Morgan fingerprint density at radius 2 is 1.80 bits per heavy atom. The zero-order valence-electron chi connectivity index (χ0n) is 17.1. The van der Waals surface area contributed by atoms with Gasteiger partial charge < -0.3 is 10.6 Å². The van der Waals surface area contributed by atoms with Crippen molar-refractivity contribution < 1.29 is 13.2 Å². The minimum Gasteiger partial charge on any atom is -0.354 e. The van der Waals surface area contributed by atoms with Crippen LogP contribution in [0.2, 0.25) is 0 Å². The van der Waals surface area contributed by atoms with Crippen molar-refractivity contribution in [1.82, 2.24) is 19.9 Å². The summed E-state index contributed by atoms with van der Waals surface area (Å²) in [6.07, 6.45) is -1.84. The summed E-state index contributed by atoms with van der Waals surface area (Å²) in [4.78, 5) is 23.8. The van der Waals surface area contributed by atoms with Crippen molar-refractivity contribution in [2.24, 2.45) is 15.4 Å². The highest BCUT2D eigenvalue weighted by Gasteiger charge is 2.32. The molecule has 0 amide bonds. The van der Waals surface area contributed by atoms with Crippen molar-refractivity contribution in [3.8, 4) is 11.5 Å². The fraction of sp³-hybridized carbons (Fsp3) is 0.368. The summed E-state index contributed by atoms with van der Waals surface area (Å²) in [6, 6.07) is 3.55. The molecule has 0 unspecified atom stereocenters. The topological polar surface area (TPSA) is 100 Å². The Bertz CT molecular complexity index is 946. The molecule has 30 heavy (non-hydrogen) atoms. The van der Waals surface area contributed by atoms with Crippen LogP contribution >= 0.6 is 0 Å². The van der Waals surface area contributed by atoms with E-state index in [-0.39, 0.29) is 28.8 Å². The number of hydrogen-bond acceptors (Lipinski definition) is 7. The number of anilines is 2. The van der Waals surface area contributed by atoms with Gasteiger partial charge in [-0.15, -0.1) is 0 Å². The molecule has 0 bridgehead atoms. The highest BCUT2D eigenvalue weighted by Crippen LogP contribution is 2.29. The van der Waals surface area contributed by atoms with Gasteiger partial charge in [0, 0.05) is 18.4 Å². The Morgan fingerprint density at radius 1 is 1.10 bits per heavy atom. The maximum Gasteiger partial charge on any atom is 0.433 e. The molecule has 0 aliphatic carbocycles. The Morgan fingerprint density at radius 3 is 2.43 bits per heavy atom. The average molecular weight is 420 g/mol. The van der Waals surface area contributed by atoms with Gasteiger partial charge in [-0.3, -0.25) is 4.99 Å². The minimum atomic E-state index is -4.58. The van der Waals surface area contributed by atoms with Crippen LogP contribution < -0.4 is 10.6 Å². The Kier molecular flexibility index (Phi) is 7.19. The Balaban J connectivity index is 2.44. The third kappa shape index (κ3) is 7.22. The predicted molar refractivity (Wildman–Crippen MR) is 111 cm³/mol. The summed E-state index contributed by atoms with van der Waals surface area (Å²) >= 11 is 0. The van der Waals surface area contributed by atoms with Crippen molar-refractivity contribution in [3.05, 3.63) is 35.8 Å². The van der Waals surface area contributed by atoms with Crippen molar-refractivity contribution >= 4 is 25.0 Å². The number of aromatic nitrogens is 4. The van der Waals surface area contributed by atoms with Crippen LogP contribution in [0.15, 0.2) is 40.1 Å². The molecule has 0 saturated carbocycles. The second kappa shape index (κ2) is 9.42. The lowest BCUT2D eigenvalue weighted by molar-refractivity contribution is -0.141. The maximum absolute atomic E-state index is 13.0. The molecule has 0 atom stereocenters. The van der Waals surface area contributed by atoms with Gasteiger partial charge >= 0.3 is 6.18 Å². The van der Waals surface area contributed by atoms with Crippen molar-refractivity contribution in [2.45, 2.75) is 33.9 Å². The molecule has 2 heterocycles. The summed E-state index contributed by atoms with van der Waals surface area (Å²) in [5.74, 6) is 0.339. The molecular weight excluding hydrogens is 397 g/mol. The molecule has 11 heteroatoms. The molecule has 0 aliphatic rings. The molecule has 0 aromatic carbocycles. The van der Waals surface area contributed by atoms with E-state index < -0.39 is 11.9 Å². The predicted octanol–water partition coefficient (Wildman–Crippen LogP) is 4.41. The lowest BCUT2D eigenvalue weighted by atomic mass is 9.97. The molecule has 0 fully saturated rings. The van der Waals surface area contributed by atoms with E-state index >= 15 is 0 Å². The Labute approximate surface area is 172 Å². The molecule has 0 saturated heterocycles. The van der Waals surface area contributed by atoms with Gasteiger partial charge in [0.15, 0.2) is 5.82 Å². The number of nitrogens with one attached hydrogen (secondary N) is 2. The number of allylic oxidation sites excluding steroid dienone is 1. The van der Waals surface area contributed by atoms with E-state index in [1.165, 1.54) is 24.7 Å². The van der Waals surface area contributed by atoms with Crippen LogP contribution in [-0.2, 0) is 6.18 Å². The number of rotatable bonds is 7. The summed E-state index contributed by atoms with van der Waals surface area (Å²) in [7, 11) is 0. The van der Waals surface area contributed by atoms with E-state index in [0.29, 0.717) is 12.2 Å². The van der Waals surface area contributed by atoms with Crippen LogP contribution in [0.25, 0.3) is 11.5 Å². The first-order valence-electron chi connectivity index (χ1n) is 8.94. The third-order valence-electron chi connectivity index (χ3n) is 3.41. The summed E-state index contributed by atoms with van der Waals surface area (Å²) in [5, 5.41) is 6.01. The minimum absolute atomic E-state index is 0.000862. The van der Waals surface area contributed by atoms with Crippen LogP contribution in [0, 0.1) is 5.41 Å². The molecule has 0 aliphatic heterocycles. The van der Waals surface area contributed by atoms with Gasteiger partial charge in [0.1, 0.15) is 17.7 Å². The van der Waals surface area contributed by atoms with Crippen LogP contribution in [0.3, 0.4) is 0 Å². The van der Waals surface area contributed by atoms with Crippen molar-refractivity contribution in [3.63, 3.8) is 0 Å². The highest BCUT2D eigenvalue weighted by atomic mass is 19.4. The second-order valence-corrected chi connectivity index (χ2v) is 7.51. The van der Waals surface area contributed by atoms with E-state index in [0.717, 1.165) is 6.07 Å². The largest absolute Gasteiger partial charge is 0.433 e.